The second-order valence-electron chi connectivity index (χ2n) is 4.23. The number of benzene rings is 1. The van der Waals surface area contributed by atoms with Gasteiger partial charge in [0, 0.05) is 11.0 Å². The van der Waals surface area contributed by atoms with E-state index in [2.05, 4.69) is 26.6 Å². The molecule has 1 aliphatic rings. The Labute approximate surface area is 108 Å². The summed E-state index contributed by atoms with van der Waals surface area (Å²) < 4.78 is 14.1. The van der Waals surface area contributed by atoms with E-state index < -0.39 is 0 Å². The number of rotatable bonds is 5. The van der Waals surface area contributed by atoms with Crippen LogP contribution < -0.4 is 10.6 Å². The van der Waals surface area contributed by atoms with E-state index in [-0.39, 0.29) is 18.3 Å². The van der Waals surface area contributed by atoms with E-state index in [0.29, 0.717) is 16.1 Å². The fourth-order valence-corrected chi connectivity index (χ4v) is 1.78. The molecule has 5 heteroatoms. The second-order valence-corrected chi connectivity index (χ2v) is 5.14. The maximum Gasteiger partial charge on any atom is 0.239 e. The number of nitrogens with one attached hydrogen (secondary N) is 2. The SMILES string of the molecule is O=C(CNc1ccc(Br)cc1F)NCC1CC1. The lowest BCUT2D eigenvalue weighted by Crippen LogP contribution is -2.31. The molecular weight excluding hydrogens is 287 g/mol. The number of halogens is 2. The molecule has 2 N–H and O–H groups in total. The summed E-state index contributed by atoms with van der Waals surface area (Å²) in [5.74, 6) is 0.192. The van der Waals surface area contributed by atoms with Gasteiger partial charge >= 0.3 is 0 Å². The van der Waals surface area contributed by atoms with Crippen molar-refractivity contribution in [1.82, 2.24) is 5.32 Å². The first kappa shape index (κ1) is 12.4. The first-order valence-corrected chi connectivity index (χ1v) is 6.40. The van der Waals surface area contributed by atoms with Crippen LogP contribution in [0.5, 0.6) is 0 Å². The Kier molecular flexibility index (Phi) is 3.99. The predicted molar refractivity (Wildman–Crippen MR) is 68.3 cm³/mol. The molecule has 1 aliphatic carbocycles. The molecule has 2 rings (SSSR count). The maximum atomic E-state index is 13.4. The van der Waals surface area contributed by atoms with Gasteiger partial charge in [-0.2, -0.15) is 0 Å². The fraction of sp³-hybridized carbons (Fsp3) is 0.417. The zero-order valence-corrected chi connectivity index (χ0v) is 10.9. The van der Waals surface area contributed by atoms with Crippen molar-refractivity contribution in [3.05, 3.63) is 28.5 Å². The fourth-order valence-electron chi connectivity index (χ4n) is 1.45. The highest BCUT2D eigenvalue weighted by Gasteiger charge is 2.21. The smallest absolute Gasteiger partial charge is 0.239 e. The number of amides is 1. The van der Waals surface area contributed by atoms with Crippen molar-refractivity contribution in [3.63, 3.8) is 0 Å². The van der Waals surface area contributed by atoms with Crippen LogP contribution in [0.1, 0.15) is 12.8 Å². The van der Waals surface area contributed by atoms with E-state index in [0.717, 1.165) is 6.54 Å². The summed E-state index contributed by atoms with van der Waals surface area (Å²) in [5.41, 5.74) is 0.342. The Morgan fingerprint density at radius 1 is 1.47 bits per heavy atom. The van der Waals surface area contributed by atoms with Crippen molar-refractivity contribution in [2.45, 2.75) is 12.8 Å². The zero-order chi connectivity index (χ0) is 12.3. The van der Waals surface area contributed by atoms with E-state index in [1.807, 2.05) is 0 Å². The Balaban J connectivity index is 1.77. The minimum Gasteiger partial charge on any atom is -0.374 e. The van der Waals surface area contributed by atoms with E-state index in [4.69, 9.17) is 0 Å². The third-order valence-electron chi connectivity index (χ3n) is 2.66. The summed E-state index contributed by atoms with van der Waals surface area (Å²) in [4.78, 5) is 11.4. The van der Waals surface area contributed by atoms with Gasteiger partial charge in [-0.15, -0.1) is 0 Å². The standard InChI is InChI=1S/C12H14BrFN2O/c13-9-3-4-11(10(14)5-9)15-7-12(17)16-6-8-1-2-8/h3-5,8,15H,1-2,6-7H2,(H,16,17). The minimum absolute atomic E-state index is 0.0979. The quantitative estimate of drug-likeness (QED) is 0.877. The summed E-state index contributed by atoms with van der Waals surface area (Å²) in [7, 11) is 0. The molecule has 0 heterocycles. The van der Waals surface area contributed by atoms with Crippen LogP contribution >= 0.6 is 15.9 Å². The lowest BCUT2D eigenvalue weighted by Gasteiger charge is -2.08. The number of carbonyl (C=O) groups excluding carboxylic acids is 1. The van der Waals surface area contributed by atoms with Crippen LogP contribution in [0.2, 0.25) is 0 Å². The van der Waals surface area contributed by atoms with Crippen LogP contribution in [0.3, 0.4) is 0 Å². The highest BCUT2D eigenvalue weighted by atomic mass is 79.9. The Morgan fingerprint density at radius 2 is 2.24 bits per heavy atom. The Bertz CT molecular complexity index is 421. The topological polar surface area (TPSA) is 41.1 Å². The average Bonchev–Trinajstić information content (AvgIpc) is 3.09. The van der Waals surface area contributed by atoms with Gasteiger partial charge in [-0.3, -0.25) is 4.79 Å². The van der Waals surface area contributed by atoms with Crippen LogP contribution in [-0.2, 0) is 4.79 Å². The lowest BCUT2D eigenvalue weighted by atomic mass is 10.3. The van der Waals surface area contributed by atoms with Gasteiger partial charge in [0.25, 0.3) is 0 Å². The van der Waals surface area contributed by atoms with Gasteiger partial charge < -0.3 is 10.6 Å². The minimum atomic E-state index is -0.366. The van der Waals surface area contributed by atoms with Crippen molar-refractivity contribution in [2.24, 2.45) is 5.92 Å². The van der Waals surface area contributed by atoms with Crippen molar-refractivity contribution in [1.29, 1.82) is 0 Å². The summed E-state index contributed by atoms with van der Waals surface area (Å²) in [5, 5.41) is 5.59. The Morgan fingerprint density at radius 3 is 2.88 bits per heavy atom. The third kappa shape index (κ3) is 4.00. The average molecular weight is 301 g/mol. The van der Waals surface area contributed by atoms with Crippen molar-refractivity contribution >= 4 is 27.5 Å². The van der Waals surface area contributed by atoms with Crippen LogP contribution in [-0.4, -0.2) is 19.0 Å². The van der Waals surface area contributed by atoms with Crippen LogP contribution in [0.4, 0.5) is 10.1 Å². The molecule has 17 heavy (non-hydrogen) atoms. The van der Waals surface area contributed by atoms with Crippen LogP contribution in [0.25, 0.3) is 0 Å². The van der Waals surface area contributed by atoms with E-state index in [1.54, 1.807) is 12.1 Å². The molecule has 0 aliphatic heterocycles. The molecule has 0 bridgehead atoms. The van der Waals surface area contributed by atoms with Gasteiger partial charge in [-0.05, 0) is 37.0 Å². The molecule has 1 aromatic rings. The molecule has 92 valence electrons. The van der Waals surface area contributed by atoms with Crippen LogP contribution in [0.15, 0.2) is 22.7 Å². The molecule has 0 atom stereocenters. The van der Waals surface area contributed by atoms with Gasteiger partial charge in [-0.25, -0.2) is 4.39 Å². The summed E-state index contributed by atoms with van der Waals surface area (Å²) in [6.45, 7) is 0.842. The first-order chi connectivity index (χ1) is 8.15. The molecule has 0 radical (unpaired) electrons. The summed E-state index contributed by atoms with van der Waals surface area (Å²) in [6.07, 6.45) is 2.41. The van der Waals surface area contributed by atoms with Crippen LogP contribution in [0, 0.1) is 11.7 Å². The van der Waals surface area contributed by atoms with Gasteiger partial charge in [-0.1, -0.05) is 15.9 Å². The molecular formula is C12H14BrFN2O. The molecule has 0 aromatic heterocycles. The lowest BCUT2D eigenvalue weighted by molar-refractivity contribution is -0.119. The highest BCUT2D eigenvalue weighted by Crippen LogP contribution is 2.27. The number of anilines is 1. The molecule has 1 amide bonds. The monoisotopic (exact) mass is 300 g/mol. The van der Waals surface area contributed by atoms with E-state index in [9.17, 15) is 9.18 Å². The largest absolute Gasteiger partial charge is 0.374 e. The number of hydrogen-bond acceptors (Lipinski definition) is 2. The van der Waals surface area contributed by atoms with Gasteiger partial charge in [0.05, 0.1) is 12.2 Å². The van der Waals surface area contributed by atoms with E-state index in [1.165, 1.54) is 18.9 Å². The molecule has 1 fully saturated rings. The number of hydrogen-bond donors (Lipinski definition) is 2. The van der Waals surface area contributed by atoms with Crippen molar-refractivity contribution in [3.8, 4) is 0 Å². The molecule has 0 spiro atoms. The molecule has 3 nitrogen and oxygen atoms in total. The van der Waals surface area contributed by atoms with E-state index >= 15 is 0 Å². The Hall–Kier alpha value is -1.10. The summed E-state index contributed by atoms with van der Waals surface area (Å²) in [6, 6.07) is 4.70. The molecule has 1 aromatic carbocycles. The molecule has 0 saturated heterocycles. The highest BCUT2D eigenvalue weighted by molar-refractivity contribution is 9.10. The second kappa shape index (κ2) is 5.49. The summed E-state index contributed by atoms with van der Waals surface area (Å²) >= 11 is 3.18. The van der Waals surface area contributed by atoms with Crippen molar-refractivity contribution in [2.75, 3.05) is 18.4 Å². The number of carbonyl (C=O) groups is 1. The van der Waals surface area contributed by atoms with Crippen molar-refractivity contribution < 1.29 is 9.18 Å². The normalized spacial score (nSPS) is 14.5. The van der Waals surface area contributed by atoms with Gasteiger partial charge in [0.15, 0.2) is 0 Å². The predicted octanol–water partition coefficient (Wildman–Crippen LogP) is 2.53. The maximum absolute atomic E-state index is 13.4. The molecule has 1 saturated carbocycles. The molecule has 0 unspecified atom stereocenters. The first-order valence-electron chi connectivity index (χ1n) is 5.61. The van der Waals surface area contributed by atoms with Gasteiger partial charge in [0.1, 0.15) is 5.82 Å². The third-order valence-corrected chi connectivity index (χ3v) is 3.15. The zero-order valence-electron chi connectivity index (χ0n) is 9.30. The van der Waals surface area contributed by atoms with Gasteiger partial charge in [0.2, 0.25) is 5.91 Å².